The predicted octanol–water partition coefficient (Wildman–Crippen LogP) is 3.24. The van der Waals surface area contributed by atoms with E-state index in [0.29, 0.717) is 0 Å². The second-order valence-corrected chi connectivity index (χ2v) is 6.70. The van der Waals surface area contributed by atoms with Crippen molar-refractivity contribution in [3.63, 3.8) is 0 Å². The molecule has 3 heterocycles. The molecule has 0 saturated carbocycles. The van der Waals surface area contributed by atoms with Crippen LogP contribution in [0.15, 0.2) is 54.2 Å². The minimum atomic E-state index is -0.0470. The predicted molar refractivity (Wildman–Crippen MR) is 93.8 cm³/mol. The summed E-state index contributed by atoms with van der Waals surface area (Å²) in [5.41, 5.74) is 2.10. The number of fused-ring (bicyclic) bond motifs is 1. The number of anilines is 1. The van der Waals surface area contributed by atoms with Crippen LogP contribution in [0.5, 0.6) is 0 Å². The van der Waals surface area contributed by atoms with Crippen LogP contribution in [0.3, 0.4) is 0 Å². The minimum absolute atomic E-state index is 0.0470. The van der Waals surface area contributed by atoms with E-state index in [4.69, 9.17) is 0 Å². The normalized spacial score (nSPS) is 20.7. The third-order valence-corrected chi connectivity index (χ3v) is 5.35. The average Bonchev–Trinajstić information content (AvgIpc) is 3.23. The van der Waals surface area contributed by atoms with Crippen LogP contribution in [0.1, 0.15) is 11.5 Å². The lowest BCUT2D eigenvalue weighted by atomic mass is 9.88. The van der Waals surface area contributed by atoms with Gasteiger partial charge in [-0.25, -0.2) is 0 Å². The van der Waals surface area contributed by atoms with E-state index < -0.39 is 0 Å². The molecule has 1 fully saturated rings. The van der Waals surface area contributed by atoms with Crippen molar-refractivity contribution in [2.45, 2.75) is 5.92 Å². The zero-order valence-corrected chi connectivity index (χ0v) is 13.3. The quantitative estimate of drug-likeness (QED) is 0.778. The van der Waals surface area contributed by atoms with Gasteiger partial charge in [0.05, 0.1) is 16.3 Å². The first kappa shape index (κ1) is 14.4. The summed E-state index contributed by atoms with van der Waals surface area (Å²) in [6.45, 7) is 1.56. The highest BCUT2D eigenvalue weighted by molar-refractivity contribution is 7.17. The Labute approximate surface area is 138 Å². The number of aromatic nitrogens is 1. The van der Waals surface area contributed by atoms with Crippen LogP contribution in [-0.4, -0.2) is 24.0 Å². The molecule has 4 nitrogen and oxygen atoms in total. The van der Waals surface area contributed by atoms with E-state index in [1.807, 2.05) is 35.8 Å². The Morgan fingerprint density at radius 3 is 2.96 bits per heavy atom. The Morgan fingerprint density at radius 1 is 1.22 bits per heavy atom. The van der Waals surface area contributed by atoms with Crippen LogP contribution in [0, 0.1) is 5.92 Å². The molecule has 0 aliphatic carbocycles. The molecule has 116 valence electrons. The molecule has 2 atom stereocenters. The summed E-state index contributed by atoms with van der Waals surface area (Å²) in [5, 5.41) is 9.51. The first-order chi connectivity index (χ1) is 11.3. The van der Waals surface area contributed by atoms with Gasteiger partial charge < -0.3 is 10.6 Å². The number of hydrogen-bond donors (Lipinski definition) is 2. The molecule has 3 aromatic rings. The lowest BCUT2D eigenvalue weighted by Crippen LogP contribution is -2.28. The van der Waals surface area contributed by atoms with Gasteiger partial charge >= 0.3 is 0 Å². The van der Waals surface area contributed by atoms with E-state index in [-0.39, 0.29) is 17.7 Å². The summed E-state index contributed by atoms with van der Waals surface area (Å²) in [5.74, 6) is 0.261. The number of benzene rings is 1. The smallest absolute Gasteiger partial charge is 0.229 e. The van der Waals surface area contributed by atoms with Crippen molar-refractivity contribution in [1.82, 2.24) is 10.3 Å². The van der Waals surface area contributed by atoms with Gasteiger partial charge in [0.25, 0.3) is 0 Å². The summed E-state index contributed by atoms with van der Waals surface area (Å²) >= 11 is 1.60. The average molecular weight is 323 g/mol. The Bertz CT molecular complexity index is 830. The molecule has 0 spiro atoms. The highest BCUT2D eigenvalue weighted by atomic mass is 32.1. The van der Waals surface area contributed by atoms with Gasteiger partial charge in [0.15, 0.2) is 0 Å². The number of thiophene rings is 1. The van der Waals surface area contributed by atoms with E-state index in [1.165, 1.54) is 5.56 Å². The molecule has 23 heavy (non-hydrogen) atoms. The Hall–Kier alpha value is -2.24. The molecule has 0 bridgehead atoms. The Morgan fingerprint density at radius 2 is 2.09 bits per heavy atom. The van der Waals surface area contributed by atoms with Gasteiger partial charge in [0, 0.05) is 42.2 Å². The Balaban J connectivity index is 1.56. The standard InChI is InChI=1S/C18H17N3OS/c22-18(21-16-11-23-17-10-19-7-6-13(16)17)15-9-20-8-14(15)12-4-2-1-3-5-12/h1-7,10-11,14-15,20H,8-9H2,(H,21,22)/t14-,15+/m1/s1. The Kier molecular flexibility index (Phi) is 3.81. The van der Waals surface area contributed by atoms with Gasteiger partial charge in [-0.2, -0.15) is 0 Å². The maximum Gasteiger partial charge on any atom is 0.229 e. The molecule has 0 radical (unpaired) electrons. The third-order valence-electron chi connectivity index (χ3n) is 4.41. The van der Waals surface area contributed by atoms with Gasteiger partial charge in [0.2, 0.25) is 5.91 Å². The number of rotatable bonds is 3. The summed E-state index contributed by atoms with van der Waals surface area (Å²) in [7, 11) is 0. The number of pyridine rings is 1. The summed E-state index contributed by atoms with van der Waals surface area (Å²) in [6, 6.07) is 12.2. The van der Waals surface area contributed by atoms with Gasteiger partial charge in [-0.15, -0.1) is 11.3 Å². The summed E-state index contributed by atoms with van der Waals surface area (Å²) in [6.07, 6.45) is 3.59. The fourth-order valence-electron chi connectivity index (χ4n) is 3.21. The number of carbonyl (C=O) groups excluding carboxylic acids is 1. The van der Waals surface area contributed by atoms with E-state index in [9.17, 15) is 4.79 Å². The van der Waals surface area contributed by atoms with Crippen molar-refractivity contribution in [3.8, 4) is 0 Å². The fourth-order valence-corrected chi connectivity index (χ4v) is 4.07. The lowest BCUT2D eigenvalue weighted by Gasteiger charge is -2.18. The van der Waals surface area contributed by atoms with Crippen LogP contribution >= 0.6 is 11.3 Å². The van der Waals surface area contributed by atoms with Crippen LogP contribution < -0.4 is 10.6 Å². The molecule has 1 aliphatic rings. The number of amides is 1. The van der Waals surface area contributed by atoms with Crippen LogP contribution in [0.4, 0.5) is 5.69 Å². The topological polar surface area (TPSA) is 54.0 Å². The molecule has 2 N–H and O–H groups in total. The van der Waals surface area contributed by atoms with Crippen molar-refractivity contribution in [2.75, 3.05) is 18.4 Å². The first-order valence-electron chi connectivity index (χ1n) is 7.70. The van der Waals surface area contributed by atoms with E-state index >= 15 is 0 Å². The van der Waals surface area contributed by atoms with Gasteiger partial charge in [-0.1, -0.05) is 30.3 Å². The van der Waals surface area contributed by atoms with E-state index in [0.717, 1.165) is 28.9 Å². The highest BCUT2D eigenvalue weighted by Crippen LogP contribution is 2.32. The lowest BCUT2D eigenvalue weighted by molar-refractivity contribution is -0.119. The molecule has 4 rings (SSSR count). The monoisotopic (exact) mass is 323 g/mol. The first-order valence-corrected chi connectivity index (χ1v) is 8.58. The van der Waals surface area contributed by atoms with Crippen molar-refractivity contribution in [3.05, 3.63) is 59.7 Å². The molecule has 5 heteroatoms. The number of nitrogens with one attached hydrogen (secondary N) is 2. The van der Waals surface area contributed by atoms with Gasteiger partial charge in [0.1, 0.15) is 0 Å². The second kappa shape index (κ2) is 6.10. The number of nitrogens with zero attached hydrogens (tertiary/aromatic N) is 1. The van der Waals surface area contributed by atoms with Crippen LogP contribution in [0.25, 0.3) is 10.1 Å². The molecule has 1 aromatic carbocycles. The zero-order valence-electron chi connectivity index (χ0n) is 12.5. The molecular weight excluding hydrogens is 306 g/mol. The molecule has 0 unspecified atom stereocenters. The second-order valence-electron chi connectivity index (χ2n) is 5.79. The summed E-state index contributed by atoms with van der Waals surface area (Å²) in [4.78, 5) is 16.9. The molecule has 2 aromatic heterocycles. The van der Waals surface area contributed by atoms with Gasteiger partial charge in [-0.3, -0.25) is 9.78 Å². The van der Waals surface area contributed by atoms with Crippen molar-refractivity contribution < 1.29 is 4.79 Å². The molecule has 1 amide bonds. The van der Waals surface area contributed by atoms with Crippen LogP contribution in [-0.2, 0) is 4.79 Å². The third kappa shape index (κ3) is 2.73. The molecular formula is C18H17N3OS. The maximum absolute atomic E-state index is 12.8. The van der Waals surface area contributed by atoms with Crippen molar-refractivity contribution >= 4 is 33.0 Å². The number of carbonyl (C=O) groups is 1. The van der Waals surface area contributed by atoms with Crippen molar-refractivity contribution in [1.29, 1.82) is 0 Å². The molecule has 1 saturated heterocycles. The zero-order chi connectivity index (χ0) is 15.6. The van der Waals surface area contributed by atoms with E-state index in [2.05, 4.69) is 27.8 Å². The van der Waals surface area contributed by atoms with Crippen LogP contribution in [0.2, 0.25) is 0 Å². The largest absolute Gasteiger partial charge is 0.324 e. The van der Waals surface area contributed by atoms with E-state index in [1.54, 1.807) is 17.5 Å². The highest BCUT2D eigenvalue weighted by Gasteiger charge is 2.34. The fraction of sp³-hybridized carbons (Fsp3) is 0.222. The minimum Gasteiger partial charge on any atom is -0.324 e. The SMILES string of the molecule is O=C(Nc1csc2cnccc12)[C@H]1CNC[C@@H]1c1ccccc1. The van der Waals surface area contributed by atoms with Crippen molar-refractivity contribution in [2.24, 2.45) is 5.92 Å². The summed E-state index contributed by atoms with van der Waals surface area (Å²) < 4.78 is 1.09. The maximum atomic E-state index is 12.8. The molecule has 1 aliphatic heterocycles. The number of hydrogen-bond acceptors (Lipinski definition) is 4. The van der Waals surface area contributed by atoms with Gasteiger partial charge in [-0.05, 0) is 11.6 Å².